The lowest BCUT2D eigenvalue weighted by molar-refractivity contribution is 1.07. The van der Waals surface area contributed by atoms with Crippen molar-refractivity contribution in [3.63, 3.8) is 0 Å². The zero-order valence-corrected chi connectivity index (χ0v) is 7.72. The van der Waals surface area contributed by atoms with Crippen molar-refractivity contribution in [1.29, 1.82) is 0 Å². The van der Waals surface area contributed by atoms with E-state index < -0.39 is 0 Å². The molecular formula is C11H11N3. The Morgan fingerprint density at radius 3 is 2.86 bits per heavy atom. The molecule has 0 aliphatic heterocycles. The molecule has 0 bridgehead atoms. The van der Waals surface area contributed by atoms with Crippen LogP contribution in [0.1, 0.15) is 11.4 Å². The topological polar surface area (TPSA) is 41.0 Å². The van der Waals surface area contributed by atoms with Gasteiger partial charge in [-0.15, -0.1) is 0 Å². The van der Waals surface area contributed by atoms with Gasteiger partial charge in [0.25, 0.3) is 0 Å². The number of aromatic nitrogens is 2. The lowest BCUT2D eigenvalue weighted by atomic mass is 10.2. The molecule has 0 radical (unpaired) electrons. The van der Waals surface area contributed by atoms with Gasteiger partial charge in [0.05, 0.1) is 12.8 Å². The molecule has 0 saturated heterocycles. The summed E-state index contributed by atoms with van der Waals surface area (Å²) in [6, 6.07) is 10.1. The van der Waals surface area contributed by atoms with Crippen LogP contribution in [0.25, 0.3) is 0 Å². The highest BCUT2D eigenvalue weighted by Crippen LogP contribution is 1.99. The highest BCUT2D eigenvalue weighted by atomic mass is 14.9. The first-order chi connectivity index (χ1) is 6.95. The number of hydrogen-bond donors (Lipinski definition) is 1. The van der Waals surface area contributed by atoms with Gasteiger partial charge >= 0.3 is 0 Å². The molecule has 0 atom stereocenters. The summed E-state index contributed by atoms with van der Waals surface area (Å²) >= 11 is 0. The Labute approximate surface area is 82.5 Å². The molecule has 0 aliphatic rings. The Morgan fingerprint density at radius 2 is 2.14 bits per heavy atom. The van der Waals surface area contributed by atoms with Crippen molar-refractivity contribution in [3.8, 4) is 0 Å². The number of H-pyrrole nitrogens is 1. The molecule has 2 aromatic rings. The van der Waals surface area contributed by atoms with Crippen LogP contribution in [0.15, 0.2) is 47.7 Å². The van der Waals surface area contributed by atoms with Gasteiger partial charge in [0, 0.05) is 12.4 Å². The van der Waals surface area contributed by atoms with E-state index in [0.29, 0.717) is 6.54 Å². The number of aromatic amines is 1. The minimum absolute atomic E-state index is 0.696. The van der Waals surface area contributed by atoms with E-state index in [4.69, 9.17) is 0 Å². The van der Waals surface area contributed by atoms with Gasteiger partial charge in [0.2, 0.25) is 0 Å². The standard InChI is InChI=1S/C11H11N3/c1-2-4-10(5-3-1)8-12-9-11-13-6-7-14-11/h1-7,9H,8H2,(H,13,14). The smallest absolute Gasteiger partial charge is 0.148 e. The molecule has 3 nitrogen and oxygen atoms in total. The van der Waals surface area contributed by atoms with Gasteiger partial charge in [-0.3, -0.25) is 4.99 Å². The molecule has 0 spiro atoms. The SMILES string of the molecule is C(=NCc1ccccc1)c1ncc[nH]1. The highest BCUT2D eigenvalue weighted by Gasteiger charge is 1.88. The molecule has 2 rings (SSSR count). The van der Waals surface area contributed by atoms with E-state index in [1.54, 1.807) is 18.6 Å². The van der Waals surface area contributed by atoms with Gasteiger partial charge in [-0.25, -0.2) is 4.98 Å². The van der Waals surface area contributed by atoms with E-state index in [-0.39, 0.29) is 0 Å². The molecule has 0 saturated carbocycles. The van der Waals surface area contributed by atoms with Gasteiger partial charge in [-0.1, -0.05) is 30.3 Å². The van der Waals surface area contributed by atoms with Crippen LogP contribution in [-0.4, -0.2) is 16.2 Å². The number of nitrogens with zero attached hydrogens (tertiary/aromatic N) is 2. The average Bonchev–Trinajstić information content (AvgIpc) is 2.72. The van der Waals surface area contributed by atoms with Crippen LogP contribution in [0.2, 0.25) is 0 Å². The van der Waals surface area contributed by atoms with Crippen molar-refractivity contribution in [2.45, 2.75) is 6.54 Å². The summed E-state index contributed by atoms with van der Waals surface area (Å²) in [6.45, 7) is 0.696. The fraction of sp³-hybridized carbons (Fsp3) is 0.0909. The second-order valence-electron chi connectivity index (χ2n) is 2.93. The maximum atomic E-state index is 4.27. The van der Waals surface area contributed by atoms with Crippen molar-refractivity contribution in [2.75, 3.05) is 0 Å². The summed E-state index contributed by atoms with van der Waals surface area (Å²) < 4.78 is 0. The van der Waals surface area contributed by atoms with Crippen LogP contribution in [0.3, 0.4) is 0 Å². The van der Waals surface area contributed by atoms with E-state index in [9.17, 15) is 0 Å². The van der Waals surface area contributed by atoms with E-state index in [1.807, 2.05) is 18.2 Å². The van der Waals surface area contributed by atoms with E-state index in [1.165, 1.54) is 5.56 Å². The van der Waals surface area contributed by atoms with Crippen molar-refractivity contribution >= 4 is 6.21 Å². The molecule has 1 aromatic heterocycles. The summed E-state index contributed by atoms with van der Waals surface area (Å²) in [5, 5.41) is 0. The summed E-state index contributed by atoms with van der Waals surface area (Å²) in [6.07, 6.45) is 5.24. The third-order valence-corrected chi connectivity index (χ3v) is 1.85. The number of hydrogen-bond acceptors (Lipinski definition) is 2. The van der Waals surface area contributed by atoms with Crippen molar-refractivity contribution in [2.24, 2.45) is 4.99 Å². The third kappa shape index (κ3) is 2.29. The van der Waals surface area contributed by atoms with E-state index in [2.05, 4.69) is 27.1 Å². The van der Waals surface area contributed by atoms with Crippen molar-refractivity contribution < 1.29 is 0 Å². The molecule has 3 heteroatoms. The van der Waals surface area contributed by atoms with E-state index in [0.717, 1.165) is 5.82 Å². The molecule has 0 fully saturated rings. The number of benzene rings is 1. The maximum absolute atomic E-state index is 4.27. The van der Waals surface area contributed by atoms with Crippen LogP contribution >= 0.6 is 0 Å². The summed E-state index contributed by atoms with van der Waals surface area (Å²) in [4.78, 5) is 11.3. The molecule has 1 heterocycles. The average molecular weight is 185 g/mol. The van der Waals surface area contributed by atoms with Gasteiger partial charge in [0.1, 0.15) is 5.82 Å². The summed E-state index contributed by atoms with van der Waals surface area (Å²) in [5.74, 6) is 0.793. The molecule has 0 aliphatic carbocycles. The summed E-state index contributed by atoms with van der Waals surface area (Å²) in [5.41, 5.74) is 1.20. The first-order valence-corrected chi connectivity index (χ1v) is 4.48. The fourth-order valence-electron chi connectivity index (χ4n) is 1.17. The zero-order valence-electron chi connectivity index (χ0n) is 7.72. The number of nitrogens with one attached hydrogen (secondary N) is 1. The Balaban J connectivity index is 1.95. The monoisotopic (exact) mass is 185 g/mol. The Bertz CT molecular complexity index is 390. The minimum Gasteiger partial charge on any atom is -0.344 e. The van der Waals surface area contributed by atoms with E-state index >= 15 is 0 Å². The molecule has 14 heavy (non-hydrogen) atoms. The molecule has 0 unspecified atom stereocenters. The highest BCUT2D eigenvalue weighted by molar-refractivity contribution is 5.74. The number of aliphatic imine (C=N–C) groups is 1. The lowest BCUT2D eigenvalue weighted by Gasteiger charge is -1.93. The molecular weight excluding hydrogens is 174 g/mol. The first kappa shape index (κ1) is 8.69. The molecule has 1 N–H and O–H groups in total. The normalized spacial score (nSPS) is 10.9. The Hall–Kier alpha value is -1.90. The molecule has 70 valence electrons. The van der Waals surface area contributed by atoms with Gasteiger partial charge in [-0.05, 0) is 5.56 Å². The minimum atomic E-state index is 0.696. The van der Waals surface area contributed by atoms with Crippen LogP contribution in [0.5, 0.6) is 0 Å². The van der Waals surface area contributed by atoms with Crippen LogP contribution in [0.4, 0.5) is 0 Å². The summed E-state index contributed by atoms with van der Waals surface area (Å²) in [7, 11) is 0. The van der Waals surface area contributed by atoms with Gasteiger partial charge in [0.15, 0.2) is 0 Å². The Kier molecular flexibility index (Phi) is 2.71. The number of imidazole rings is 1. The lowest BCUT2D eigenvalue weighted by Crippen LogP contribution is -1.85. The third-order valence-electron chi connectivity index (χ3n) is 1.85. The fourth-order valence-corrected chi connectivity index (χ4v) is 1.17. The molecule has 0 amide bonds. The number of rotatable bonds is 3. The second kappa shape index (κ2) is 4.37. The predicted molar refractivity (Wildman–Crippen MR) is 56.3 cm³/mol. The largest absolute Gasteiger partial charge is 0.344 e. The first-order valence-electron chi connectivity index (χ1n) is 4.48. The van der Waals surface area contributed by atoms with Gasteiger partial charge < -0.3 is 4.98 Å². The maximum Gasteiger partial charge on any atom is 0.148 e. The predicted octanol–water partition coefficient (Wildman–Crippen LogP) is 2.03. The van der Waals surface area contributed by atoms with Crippen LogP contribution in [0, 0.1) is 0 Å². The quantitative estimate of drug-likeness (QED) is 0.730. The molecule has 1 aromatic carbocycles. The van der Waals surface area contributed by atoms with Crippen LogP contribution in [-0.2, 0) is 6.54 Å². The second-order valence-corrected chi connectivity index (χ2v) is 2.93. The Morgan fingerprint density at radius 1 is 1.29 bits per heavy atom. The van der Waals surface area contributed by atoms with Crippen molar-refractivity contribution in [3.05, 3.63) is 54.1 Å². The van der Waals surface area contributed by atoms with Gasteiger partial charge in [-0.2, -0.15) is 0 Å². The van der Waals surface area contributed by atoms with Crippen LogP contribution < -0.4 is 0 Å². The zero-order chi connectivity index (χ0) is 9.64. The van der Waals surface area contributed by atoms with Crippen molar-refractivity contribution in [1.82, 2.24) is 9.97 Å².